The summed E-state index contributed by atoms with van der Waals surface area (Å²) in [6.07, 6.45) is -0.399. The van der Waals surface area contributed by atoms with Crippen molar-refractivity contribution < 1.29 is 23.1 Å². The first-order chi connectivity index (χ1) is 19.0. The van der Waals surface area contributed by atoms with Gasteiger partial charge in [-0.3, -0.25) is 10.1 Å². The molecule has 1 aliphatic rings. The van der Waals surface area contributed by atoms with Crippen LogP contribution in [0.2, 0.25) is 0 Å². The Balaban J connectivity index is 1.35. The zero-order valence-corrected chi connectivity index (χ0v) is 24.1. The zero-order chi connectivity index (χ0) is 28.9. The Labute approximate surface area is 238 Å². The number of alkyl halides is 3. The molecule has 0 bridgehead atoms. The van der Waals surface area contributed by atoms with E-state index in [1.54, 1.807) is 35.6 Å². The molecule has 1 fully saturated rings. The normalized spacial score (nSPS) is 16.4. The number of nitrogens with one attached hydrogen (secondary N) is 1. The number of nitrogens with zero attached hydrogens (tertiary/aromatic N) is 2. The van der Waals surface area contributed by atoms with E-state index in [0.717, 1.165) is 42.8 Å². The van der Waals surface area contributed by atoms with E-state index in [9.17, 15) is 23.1 Å². The number of piperidine rings is 1. The van der Waals surface area contributed by atoms with Gasteiger partial charge in [0.1, 0.15) is 6.23 Å². The second-order valence-corrected chi connectivity index (χ2v) is 12.0. The molecule has 2 aromatic carbocycles. The number of hydrogen-bond acceptors (Lipinski definition) is 5. The van der Waals surface area contributed by atoms with Crippen molar-refractivity contribution in [1.82, 2.24) is 15.2 Å². The summed E-state index contributed by atoms with van der Waals surface area (Å²) in [6, 6.07) is 12.2. The third-order valence-electron chi connectivity index (χ3n) is 7.49. The summed E-state index contributed by atoms with van der Waals surface area (Å²) in [5.41, 5.74) is 1.59. The quantitative estimate of drug-likeness (QED) is 0.245. The number of aliphatic hydroxyl groups is 1. The van der Waals surface area contributed by atoms with Crippen LogP contribution in [0, 0.1) is 5.92 Å². The van der Waals surface area contributed by atoms with Crippen LogP contribution in [0.15, 0.2) is 53.9 Å². The van der Waals surface area contributed by atoms with Crippen LogP contribution in [0.3, 0.4) is 0 Å². The number of amides is 1. The Morgan fingerprint density at radius 2 is 1.75 bits per heavy atom. The molecule has 0 saturated carbocycles. The maximum Gasteiger partial charge on any atom is 0.416 e. The van der Waals surface area contributed by atoms with Gasteiger partial charge in [0.25, 0.3) is 5.91 Å². The molecular formula is C31H38F3N3O2S. The molecule has 4 rings (SSSR count). The predicted molar refractivity (Wildman–Crippen MR) is 153 cm³/mol. The van der Waals surface area contributed by atoms with Crippen molar-refractivity contribution >= 4 is 17.2 Å². The van der Waals surface area contributed by atoms with Gasteiger partial charge >= 0.3 is 6.18 Å². The summed E-state index contributed by atoms with van der Waals surface area (Å²) in [5, 5.41) is 16.8. The van der Waals surface area contributed by atoms with Crippen molar-refractivity contribution in [2.45, 2.75) is 77.2 Å². The summed E-state index contributed by atoms with van der Waals surface area (Å²) < 4.78 is 39.0. The van der Waals surface area contributed by atoms with Gasteiger partial charge in [0, 0.05) is 36.0 Å². The number of likely N-dealkylation sites (tertiary alicyclic amines) is 1. The molecule has 2 unspecified atom stereocenters. The van der Waals surface area contributed by atoms with Gasteiger partial charge in [-0.15, -0.1) is 11.3 Å². The Morgan fingerprint density at radius 1 is 1.07 bits per heavy atom. The third-order valence-corrected chi connectivity index (χ3v) is 8.52. The van der Waals surface area contributed by atoms with Crippen LogP contribution in [0.4, 0.5) is 13.2 Å². The predicted octanol–water partition coefficient (Wildman–Crippen LogP) is 7.64. The highest BCUT2D eigenvalue weighted by molar-refractivity contribution is 7.09. The van der Waals surface area contributed by atoms with Gasteiger partial charge < -0.3 is 10.0 Å². The van der Waals surface area contributed by atoms with Crippen LogP contribution in [0.5, 0.6) is 0 Å². The Hall–Kier alpha value is -2.75. The molecule has 216 valence electrons. The maximum absolute atomic E-state index is 13.5. The number of carbonyl (C=O) groups excluding carboxylic acids is 1. The molecule has 1 aromatic heterocycles. The lowest BCUT2D eigenvalue weighted by Crippen LogP contribution is -2.38. The first-order valence-electron chi connectivity index (χ1n) is 14.0. The lowest BCUT2D eigenvalue weighted by atomic mass is 9.94. The van der Waals surface area contributed by atoms with E-state index in [1.807, 2.05) is 10.3 Å². The average molecular weight is 574 g/mol. The van der Waals surface area contributed by atoms with E-state index >= 15 is 0 Å². The minimum absolute atomic E-state index is 0.125. The van der Waals surface area contributed by atoms with E-state index in [-0.39, 0.29) is 17.9 Å². The highest BCUT2D eigenvalue weighted by Crippen LogP contribution is 2.34. The largest absolute Gasteiger partial charge is 0.416 e. The van der Waals surface area contributed by atoms with E-state index < -0.39 is 18.0 Å². The number of thiazole rings is 1. The van der Waals surface area contributed by atoms with Gasteiger partial charge in [0.2, 0.25) is 0 Å². The van der Waals surface area contributed by atoms with Crippen molar-refractivity contribution in [3.63, 3.8) is 0 Å². The second-order valence-electron chi connectivity index (χ2n) is 11.1. The summed E-state index contributed by atoms with van der Waals surface area (Å²) in [7, 11) is 0. The highest BCUT2D eigenvalue weighted by Gasteiger charge is 2.31. The van der Waals surface area contributed by atoms with Crippen LogP contribution >= 0.6 is 11.3 Å². The van der Waals surface area contributed by atoms with Crippen molar-refractivity contribution in [3.8, 4) is 11.1 Å². The third kappa shape index (κ3) is 7.71. The van der Waals surface area contributed by atoms with Gasteiger partial charge in [0.05, 0.1) is 16.3 Å². The van der Waals surface area contributed by atoms with Gasteiger partial charge in [-0.25, -0.2) is 4.98 Å². The van der Waals surface area contributed by atoms with Crippen molar-refractivity contribution in [1.29, 1.82) is 0 Å². The van der Waals surface area contributed by atoms with E-state index in [1.165, 1.54) is 18.6 Å². The number of halogens is 3. The second kappa shape index (κ2) is 13.3. The van der Waals surface area contributed by atoms with Crippen molar-refractivity contribution in [3.05, 3.63) is 75.7 Å². The van der Waals surface area contributed by atoms with Crippen LogP contribution in [0.25, 0.3) is 11.1 Å². The molecule has 2 N–H and O–H groups in total. The fourth-order valence-electron chi connectivity index (χ4n) is 5.14. The number of benzene rings is 2. The molecule has 1 amide bonds. The molecule has 3 aromatic rings. The minimum Gasteiger partial charge on any atom is -0.373 e. The summed E-state index contributed by atoms with van der Waals surface area (Å²) in [5.74, 6) is 0.761. The van der Waals surface area contributed by atoms with Gasteiger partial charge in [-0.2, -0.15) is 13.2 Å². The molecule has 1 aliphatic heterocycles. The molecule has 1 saturated heterocycles. The van der Waals surface area contributed by atoms with Crippen LogP contribution in [0.1, 0.15) is 91.6 Å². The van der Waals surface area contributed by atoms with Gasteiger partial charge in [0.15, 0.2) is 0 Å². The van der Waals surface area contributed by atoms with Gasteiger partial charge in [-0.1, -0.05) is 57.0 Å². The first-order valence-corrected chi connectivity index (χ1v) is 14.9. The average Bonchev–Trinajstić information content (AvgIpc) is 3.43. The van der Waals surface area contributed by atoms with E-state index in [0.29, 0.717) is 41.4 Å². The summed E-state index contributed by atoms with van der Waals surface area (Å²) in [6.45, 7) is 7.64. The molecule has 0 spiro atoms. The molecule has 9 heteroatoms. The van der Waals surface area contributed by atoms with E-state index in [4.69, 9.17) is 4.98 Å². The topological polar surface area (TPSA) is 65.5 Å². The van der Waals surface area contributed by atoms with Crippen LogP contribution in [-0.4, -0.2) is 40.0 Å². The fourth-order valence-corrected chi connectivity index (χ4v) is 6.15. The minimum atomic E-state index is -4.41. The Morgan fingerprint density at radius 3 is 2.40 bits per heavy atom. The Kier molecular flexibility index (Phi) is 10.0. The number of carbonyl (C=O) groups is 1. The van der Waals surface area contributed by atoms with Crippen molar-refractivity contribution in [2.24, 2.45) is 5.92 Å². The molecule has 0 aliphatic carbocycles. The number of hydrogen-bond donors (Lipinski definition) is 2. The lowest BCUT2D eigenvalue weighted by molar-refractivity contribution is -0.137. The monoisotopic (exact) mass is 573 g/mol. The van der Waals surface area contributed by atoms with Gasteiger partial charge in [-0.05, 0) is 61.4 Å². The standard InChI is InChI=1S/C31H38F3N3O2S/c1-20(2)7-6-8-21(3)35-28(38)27-19-40-29(36-27)23-15-17-37(18-16-23)30(39)26-10-5-4-9-25(26)22-11-13-24(14-12-22)31(32,33)34/h4-5,9-14,19-21,23,28,35,38H,6-8,15-18H2,1-3H3. The molecule has 5 nitrogen and oxygen atoms in total. The van der Waals surface area contributed by atoms with Crippen LogP contribution in [-0.2, 0) is 6.18 Å². The first kappa shape index (κ1) is 30.2. The fraction of sp³-hybridized carbons (Fsp3) is 0.484. The highest BCUT2D eigenvalue weighted by atomic mass is 32.1. The molecule has 2 heterocycles. The zero-order valence-electron chi connectivity index (χ0n) is 23.2. The molecule has 2 atom stereocenters. The Bertz CT molecular complexity index is 1250. The van der Waals surface area contributed by atoms with E-state index in [2.05, 4.69) is 26.1 Å². The lowest BCUT2D eigenvalue weighted by Gasteiger charge is -2.31. The number of aliphatic hydroxyl groups excluding tert-OH is 1. The SMILES string of the molecule is CC(C)CCCC(C)NC(O)c1csc(C2CCN(C(=O)c3ccccc3-c3ccc(C(F)(F)F)cc3)CC2)n1. The maximum atomic E-state index is 13.5. The van der Waals surface area contributed by atoms with Crippen molar-refractivity contribution in [2.75, 3.05) is 13.1 Å². The van der Waals surface area contributed by atoms with Crippen LogP contribution < -0.4 is 5.32 Å². The summed E-state index contributed by atoms with van der Waals surface area (Å²) in [4.78, 5) is 20.0. The summed E-state index contributed by atoms with van der Waals surface area (Å²) >= 11 is 1.55. The number of rotatable bonds is 10. The smallest absolute Gasteiger partial charge is 0.373 e. The molecule has 0 radical (unpaired) electrons. The number of aromatic nitrogens is 1. The molecular weight excluding hydrogens is 535 g/mol. The molecule has 40 heavy (non-hydrogen) atoms.